The quantitative estimate of drug-likeness (QED) is 0.904. The Morgan fingerprint density at radius 3 is 2.69 bits per heavy atom. The number of fused-ring (bicyclic) bond motifs is 1. The summed E-state index contributed by atoms with van der Waals surface area (Å²) in [5, 5.41) is 3.00. The molecule has 0 atom stereocenters. The van der Waals surface area contributed by atoms with E-state index in [0.29, 0.717) is 25.1 Å². The number of carbonyl (C=O) groups excluding carboxylic acids is 2. The van der Waals surface area contributed by atoms with Gasteiger partial charge in [-0.2, -0.15) is 0 Å². The number of urea groups is 1. The Balaban J connectivity index is 1.84. The van der Waals surface area contributed by atoms with Gasteiger partial charge in [0.05, 0.1) is 5.56 Å². The molecule has 1 aliphatic heterocycles. The third-order valence-electron chi connectivity index (χ3n) is 4.89. The van der Waals surface area contributed by atoms with Gasteiger partial charge >= 0.3 is 6.03 Å². The summed E-state index contributed by atoms with van der Waals surface area (Å²) in [5.74, 6) is -0.157. The molecule has 1 aromatic heterocycles. The summed E-state index contributed by atoms with van der Waals surface area (Å²) in [7, 11) is 3.48. The summed E-state index contributed by atoms with van der Waals surface area (Å²) in [6.07, 6.45) is 4.01. The Morgan fingerprint density at radius 1 is 1.19 bits per heavy atom. The lowest BCUT2D eigenvalue weighted by molar-refractivity contribution is 0.102. The van der Waals surface area contributed by atoms with Gasteiger partial charge in [0.15, 0.2) is 0 Å². The van der Waals surface area contributed by atoms with Crippen molar-refractivity contribution in [3.63, 3.8) is 0 Å². The molecular weight excluding hydrogens is 328 g/mol. The van der Waals surface area contributed by atoms with E-state index in [1.807, 2.05) is 32.0 Å². The molecule has 1 aliphatic rings. The summed E-state index contributed by atoms with van der Waals surface area (Å²) in [5.41, 5.74) is 5.49. The molecule has 0 saturated carbocycles. The van der Waals surface area contributed by atoms with Crippen LogP contribution in [0.5, 0.6) is 0 Å². The van der Waals surface area contributed by atoms with E-state index in [4.69, 9.17) is 0 Å². The zero-order valence-electron chi connectivity index (χ0n) is 15.7. The van der Waals surface area contributed by atoms with Crippen molar-refractivity contribution < 1.29 is 9.59 Å². The highest BCUT2D eigenvalue weighted by molar-refractivity contribution is 6.05. The average molecular weight is 352 g/mol. The number of aryl methyl sites for hydroxylation is 1. The van der Waals surface area contributed by atoms with Crippen molar-refractivity contribution in [2.75, 3.05) is 26.0 Å². The number of nitrogens with one attached hydrogen (secondary N) is 1. The minimum atomic E-state index is -0.157. The standard InChI is InChI=1S/C20H24N4O2/c1-13-6-5-7-18(14(13)2)22-19(25)17-11-21-10-15-12-24(9-8-16(15)17)20(26)23(3)4/h5-7,10-11H,8-9,12H2,1-4H3,(H,22,25). The molecule has 0 aliphatic carbocycles. The van der Waals surface area contributed by atoms with Gasteiger partial charge in [0.1, 0.15) is 0 Å². The van der Waals surface area contributed by atoms with Gasteiger partial charge in [-0.05, 0) is 48.6 Å². The summed E-state index contributed by atoms with van der Waals surface area (Å²) < 4.78 is 0. The molecule has 0 radical (unpaired) electrons. The largest absolute Gasteiger partial charge is 0.331 e. The molecule has 0 fully saturated rings. The Morgan fingerprint density at radius 2 is 1.96 bits per heavy atom. The number of aromatic nitrogens is 1. The minimum Gasteiger partial charge on any atom is -0.331 e. The highest BCUT2D eigenvalue weighted by Crippen LogP contribution is 2.24. The first-order valence-electron chi connectivity index (χ1n) is 8.68. The average Bonchev–Trinajstić information content (AvgIpc) is 2.63. The normalized spacial score (nSPS) is 13.2. The van der Waals surface area contributed by atoms with Crippen LogP contribution >= 0.6 is 0 Å². The van der Waals surface area contributed by atoms with Crippen molar-refractivity contribution in [2.45, 2.75) is 26.8 Å². The van der Waals surface area contributed by atoms with Gasteiger partial charge in [-0.1, -0.05) is 12.1 Å². The molecule has 0 bridgehead atoms. The molecule has 6 heteroatoms. The first-order chi connectivity index (χ1) is 12.4. The van der Waals surface area contributed by atoms with E-state index in [1.165, 1.54) is 0 Å². The molecule has 136 valence electrons. The lowest BCUT2D eigenvalue weighted by Gasteiger charge is -2.31. The summed E-state index contributed by atoms with van der Waals surface area (Å²) >= 11 is 0. The van der Waals surface area contributed by atoms with Crippen LogP contribution in [0.15, 0.2) is 30.6 Å². The van der Waals surface area contributed by atoms with E-state index >= 15 is 0 Å². The van der Waals surface area contributed by atoms with E-state index < -0.39 is 0 Å². The van der Waals surface area contributed by atoms with Crippen LogP contribution in [-0.4, -0.2) is 47.4 Å². The number of hydrogen-bond acceptors (Lipinski definition) is 3. The number of benzene rings is 1. The van der Waals surface area contributed by atoms with Crippen molar-refractivity contribution in [2.24, 2.45) is 0 Å². The molecule has 1 N–H and O–H groups in total. The van der Waals surface area contributed by atoms with Crippen LogP contribution in [0.2, 0.25) is 0 Å². The van der Waals surface area contributed by atoms with Crippen LogP contribution in [0.1, 0.15) is 32.6 Å². The maximum atomic E-state index is 12.8. The topological polar surface area (TPSA) is 65.5 Å². The number of amides is 3. The van der Waals surface area contributed by atoms with Gasteiger partial charge in [0.2, 0.25) is 0 Å². The van der Waals surface area contributed by atoms with Gasteiger partial charge in [0.25, 0.3) is 5.91 Å². The second-order valence-electron chi connectivity index (χ2n) is 6.87. The first kappa shape index (κ1) is 17.9. The predicted octanol–water partition coefficient (Wildman–Crippen LogP) is 2.99. The van der Waals surface area contributed by atoms with Crippen LogP contribution in [0.4, 0.5) is 10.5 Å². The molecule has 2 aromatic rings. The molecule has 6 nitrogen and oxygen atoms in total. The smallest absolute Gasteiger partial charge is 0.319 e. The molecule has 3 rings (SSSR count). The Kier molecular flexibility index (Phi) is 4.93. The second kappa shape index (κ2) is 7.15. The van der Waals surface area contributed by atoms with Crippen LogP contribution < -0.4 is 5.32 Å². The number of nitrogens with zero attached hydrogens (tertiary/aromatic N) is 3. The van der Waals surface area contributed by atoms with E-state index in [9.17, 15) is 9.59 Å². The van der Waals surface area contributed by atoms with E-state index in [0.717, 1.165) is 27.9 Å². The Labute approximate surface area is 153 Å². The van der Waals surface area contributed by atoms with Crippen LogP contribution in [0, 0.1) is 13.8 Å². The van der Waals surface area contributed by atoms with Gasteiger partial charge in [-0.3, -0.25) is 9.78 Å². The molecule has 2 heterocycles. The number of rotatable bonds is 2. The SMILES string of the molecule is Cc1cccc(NC(=O)c2cncc3c2CCN(C(=O)N(C)C)C3)c1C. The molecule has 0 spiro atoms. The maximum Gasteiger partial charge on any atom is 0.319 e. The van der Waals surface area contributed by atoms with Crippen molar-refractivity contribution in [1.29, 1.82) is 0 Å². The van der Waals surface area contributed by atoms with Gasteiger partial charge in [-0.25, -0.2) is 4.79 Å². The number of hydrogen-bond donors (Lipinski definition) is 1. The number of pyridine rings is 1. The lowest BCUT2D eigenvalue weighted by atomic mass is 9.96. The fourth-order valence-electron chi connectivity index (χ4n) is 3.21. The molecule has 1 aromatic carbocycles. The van der Waals surface area contributed by atoms with Crippen molar-refractivity contribution in [3.8, 4) is 0 Å². The zero-order chi connectivity index (χ0) is 18.8. The molecule has 0 saturated heterocycles. The third-order valence-corrected chi connectivity index (χ3v) is 4.89. The summed E-state index contributed by atoms with van der Waals surface area (Å²) in [6, 6.07) is 5.83. The highest BCUT2D eigenvalue weighted by atomic mass is 16.2. The maximum absolute atomic E-state index is 12.8. The first-order valence-corrected chi connectivity index (χ1v) is 8.68. The van der Waals surface area contributed by atoms with Crippen LogP contribution in [0.25, 0.3) is 0 Å². The predicted molar refractivity (Wildman–Crippen MR) is 101 cm³/mol. The van der Waals surface area contributed by atoms with Crippen molar-refractivity contribution in [3.05, 3.63) is 58.4 Å². The van der Waals surface area contributed by atoms with E-state index in [-0.39, 0.29) is 11.9 Å². The summed E-state index contributed by atoms with van der Waals surface area (Å²) in [6.45, 7) is 5.09. The highest BCUT2D eigenvalue weighted by Gasteiger charge is 2.25. The second-order valence-corrected chi connectivity index (χ2v) is 6.87. The monoisotopic (exact) mass is 352 g/mol. The van der Waals surface area contributed by atoms with E-state index in [2.05, 4.69) is 10.3 Å². The fraction of sp³-hybridized carbons (Fsp3) is 0.350. The number of carbonyl (C=O) groups is 2. The van der Waals surface area contributed by atoms with E-state index in [1.54, 1.807) is 36.3 Å². The van der Waals surface area contributed by atoms with Gasteiger partial charge < -0.3 is 15.1 Å². The molecule has 3 amide bonds. The van der Waals surface area contributed by atoms with Gasteiger partial charge in [-0.15, -0.1) is 0 Å². The minimum absolute atomic E-state index is 0.0270. The van der Waals surface area contributed by atoms with Crippen LogP contribution in [0.3, 0.4) is 0 Å². The Bertz CT molecular complexity index is 861. The summed E-state index contributed by atoms with van der Waals surface area (Å²) in [4.78, 5) is 32.6. The molecule has 26 heavy (non-hydrogen) atoms. The fourth-order valence-corrected chi connectivity index (χ4v) is 3.21. The van der Waals surface area contributed by atoms with Gasteiger partial charge in [0, 0.05) is 45.3 Å². The lowest BCUT2D eigenvalue weighted by Crippen LogP contribution is -2.42. The number of anilines is 1. The van der Waals surface area contributed by atoms with Crippen molar-refractivity contribution in [1.82, 2.24) is 14.8 Å². The third kappa shape index (κ3) is 3.40. The molecular formula is C20H24N4O2. The Hall–Kier alpha value is -2.89. The zero-order valence-corrected chi connectivity index (χ0v) is 15.7. The van der Waals surface area contributed by atoms with Crippen molar-refractivity contribution >= 4 is 17.6 Å². The molecule has 0 unspecified atom stereocenters. The van der Waals surface area contributed by atoms with Crippen LogP contribution in [-0.2, 0) is 13.0 Å².